The number of ether oxygens (including phenoxy) is 1. The zero-order valence-electron chi connectivity index (χ0n) is 10.7. The largest absolute Gasteiger partial charge is 0.481 e. The number of rotatable bonds is 6. The van der Waals surface area contributed by atoms with Crippen LogP contribution in [-0.2, 0) is 0 Å². The first-order chi connectivity index (χ1) is 7.67. The molecule has 0 unspecified atom stereocenters. The van der Waals surface area contributed by atoms with E-state index in [1.807, 2.05) is 12.1 Å². The van der Waals surface area contributed by atoms with Crippen LogP contribution in [0.1, 0.15) is 27.2 Å². The third kappa shape index (κ3) is 3.72. The maximum absolute atomic E-state index is 5.14. The summed E-state index contributed by atoms with van der Waals surface area (Å²) in [6.45, 7) is 8.77. The fourth-order valence-electron chi connectivity index (χ4n) is 1.59. The van der Waals surface area contributed by atoms with Crippen LogP contribution in [0.2, 0.25) is 0 Å². The van der Waals surface area contributed by atoms with Gasteiger partial charge in [0.25, 0.3) is 0 Å². The highest BCUT2D eigenvalue weighted by atomic mass is 16.5. The maximum atomic E-state index is 5.14. The van der Waals surface area contributed by atoms with Crippen molar-refractivity contribution in [1.29, 1.82) is 0 Å². The van der Waals surface area contributed by atoms with Gasteiger partial charge in [0.05, 0.1) is 7.11 Å². The minimum absolute atomic E-state index is 0.681. The van der Waals surface area contributed by atoms with Crippen LogP contribution in [0.5, 0.6) is 5.88 Å². The van der Waals surface area contributed by atoms with Gasteiger partial charge in [0, 0.05) is 31.0 Å². The minimum Gasteiger partial charge on any atom is -0.481 e. The topological polar surface area (TPSA) is 25.4 Å². The van der Waals surface area contributed by atoms with Crippen molar-refractivity contribution < 1.29 is 4.74 Å². The first kappa shape index (κ1) is 12.8. The Labute approximate surface area is 98.4 Å². The van der Waals surface area contributed by atoms with Crippen molar-refractivity contribution in [1.82, 2.24) is 4.98 Å². The summed E-state index contributed by atoms with van der Waals surface area (Å²) in [6, 6.07) is 4.02. The molecule has 16 heavy (non-hydrogen) atoms. The molecule has 1 rings (SSSR count). The highest BCUT2D eigenvalue weighted by Crippen LogP contribution is 2.19. The summed E-state index contributed by atoms with van der Waals surface area (Å²) < 4.78 is 5.14. The Morgan fingerprint density at radius 1 is 1.44 bits per heavy atom. The molecule has 0 aliphatic rings. The summed E-state index contributed by atoms with van der Waals surface area (Å²) in [4.78, 5) is 6.47. The predicted molar refractivity (Wildman–Crippen MR) is 68.1 cm³/mol. The van der Waals surface area contributed by atoms with E-state index in [1.165, 1.54) is 12.1 Å². The summed E-state index contributed by atoms with van der Waals surface area (Å²) >= 11 is 0. The monoisotopic (exact) mass is 222 g/mol. The van der Waals surface area contributed by atoms with Crippen LogP contribution in [0.25, 0.3) is 0 Å². The van der Waals surface area contributed by atoms with Gasteiger partial charge in [-0.1, -0.05) is 13.8 Å². The molecule has 0 saturated carbocycles. The van der Waals surface area contributed by atoms with Gasteiger partial charge in [0.1, 0.15) is 0 Å². The SMILES string of the molecule is CCN(CCC(C)C)c1ccnc(OC)c1. The van der Waals surface area contributed by atoms with E-state index in [4.69, 9.17) is 4.74 Å². The molecule has 3 heteroatoms. The molecule has 0 spiro atoms. The molecule has 1 heterocycles. The Hall–Kier alpha value is -1.25. The molecule has 0 bridgehead atoms. The smallest absolute Gasteiger partial charge is 0.214 e. The zero-order valence-corrected chi connectivity index (χ0v) is 10.7. The van der Waals surface area contributed by atoms with Gasteiger partial charge in [-0.2, -0.15) is 0 Å². The van der Waals surface area contributed by atoms with Crippen molar-refractivity contribution in [3.63, 3.8) is 0 Å². The summed E-state index contributed by atoms with van der Waals surface area (Å²) in [5.74, 6) is 1.42. The Morgan fingerprint density at radius 2 is 2.19 bits per heavy atom. The molecular formula is C13H22N2O. The molecule has 3 nitrogen and oxygen atoms in total. The molecule has 1 aromatic rings. The number of anilines is 1. The van der Waals surface area contributed by atoms with Gasteiger partial charge < -0.3 is 9.64 Å². The van der Waals surface area contributed by atoms with Gasteiger partial charge in [0.2, 0.25) is 5.88 Å². The quantitative estimate of drug-likeness (QED) is 0.740. The number of pyridine rings is 1. The Balaban J connectivity index is 2.70. The molecule has 0 saturated heterocycles. The van der Waals surface area contributed by atoms with Gasteiger partial charge in [-0.3, -0.25) is 0 Å². The average molecular weight is 222 g/mol. The lowest BCUT2D eigenvalue weighted by Crippen LogP contribution is -2.24. The Bertz CT molecular complexity index is 313. The van der Waals surface area contributed by atoms with E-state index in [9.17, 15) is 0 Å². The molecule has 0 fully saturated rings. The number of aromatic nitrogens is 1. The normalized spacial score (nSPS) is 10.6. The fraction of sp³-hybridized carbons (Fsp3) is 0.615. The lowest BCUT2D eigenvalue weighted by atomic mass is 10.1. The lowest BCUT2D eigenvalue weighted by molar-refractivity contribution is 0.398. The van der Waals surface area contributed by atoms with Gasteiger partial charge >= 0.3 is 0 Å². The van der Waals surface area contributed by atoms with Crippen LogP contribution in [0, 0.1) is 5.92 Å². The van der Waals surface area contributed by atoms with Crippen LogP contribution >= 0.6 is 0 Å². The van der Waals surface area contributed by atoms with Gasteiger partial charge in [-0.25, -0.2) is 4.98 Å². The van der Waals surface area contributed by atoms with Crippen LogP contribution in [0.3, 0.4) is 0 Å². The van der Waals surface area contributed by atoms with Gasteiger partial charge in [0.15, 0.2) is 0 Å². The van der Waals surface area contributed by atoms with E-state index >= 15 is 0 Å². The molecule has 90 valence electrons. The van der Waals surface area contributed by atoms with Crippen LogP contribution in [0.15, 0.2) is 18.3 Å². The first-order valence-electron chi connectivity index (χ1n) is 5.92. The van der Waals surface area contributed by atoms with E-state index in [2.05, 4.69) is 30.7 Å². The lowest BCUT2D eigenvalue weighted by Gasteiger charge is -2.24. The minimum atomic E-state index is 0.681. The second-order valence-corrected chi connectivity index (χ2v) is 4.32. The third-order valence-corrected chi connectivity index (χ3v) is 2.65. The Morgan fingerprint density at radius 3 is 2.75 bits per heavy atom. The molecule has 0 radical (unpaired) electrons. The molecule has 1 aromatic heterocycles. The molecule has 0 N–H and O–H groups in total. The number of methoxy groups -OCH3 is 1. The number of nitrogens with zero attached hydrogens (tertiary/aromatic N) is 2. The highest BCUT2D eigenvalue weighted by Gasteiger charge is 2.06. The van der Waals surface area contributed by atoms with Crippen LogP contribution in [0.4, 0.5) is 5.69 Å². The van der Waals surface area contributed by atoms with Crippen LogP contribution in [-0.4, -0.2) is 25.2 Å². The van der Waals surface area contributed by atoms with Gasteiger partial charge in [-0.05, 0) is 25.3 Å². The second kappa shape index (κ2) is 6.36. The van der Waals surface area contributed by atoms with Gasteiger partial charge in [-0.15, -0.1) is 0 Å². The second-order valence-electron chi connectivity index (χ2n) is 4.32. The van der Waals surface area contributed by atoms with E-state index < -0.39 is 0 Å². The average Bonchev–Trinajstić information content (AvgIpc) is 2.30. The van der Waals surface area contributed by atoms with Crippen molar-refractivity contribution >= 4 is 5.69 Å². The first-order valence-corrected chi connectivity index (χ1v) is 5.92. The van der Waals surface area contributed by atoms with Crippen molar-refractivity contribution in [2.24, 2.45) is 5.92 Å². The van der Waals surface area contributed by atoms with Crippen molar-refractivity contribution in [3.8, 4) is 5.88 Å². The highest BCUT2D eigenvalue weighted by molar-refractivity contribution is 5.47. The summed E-state index contributed by atoms with van der Waals surface area (Å²) in [6.07, 6.45) is 3.00. The molecule has 0 amide bonds. The number of hydrogen-bond donors (Lipinski definition) is 0. The molecule has 0 aromatic carbocycles. The zero-order chi connectivity index (χ0) is 12.0. The number of hydrogen-bond acceptors (Lipinski definition) is 3. The Kier molecular flexibility index (Phi) is 5.09. The van der Waals surface area contributed by atoms with E-state index in [1.54, 1.807) is 13.3 Å². The molecule has 0 aliphatic carbocycles. The van der Waals surface area contributed by atoms with E-state index in [0.29, 0.717) is 5.88 Å². The standard InChI is InChI=1S/C13H22N2O/c1-5-15(9-7-11(2)3)12-6-8-14-13(10-12)16-4/h6,8,10-11H,5,7,9H2,1-4H3. The van der Waals surface area contributed by atoms with Crippen molar-refractivity contribution in [3.05, 3.63) is 18.3 Å². The molecule has 0 atom stereocenters. The fourth-order valence-corrected chi connectivity index (χ4v) is 1.59. The van der Waals surface area contributed by atoms with Crippen LogP contribution < -0.4 is 9.64 Å². The maximum Gasteiger partial charge on any atom is 0.214 e. The van der Waals surface area contributed by atoms with Crippen molar-refractivity contribution in [2.75, 3.05) is 25.1 Å². The predicted octanol–water partition coefficient (Wildman–Crippen LogP) is 2.96. The van der Waals surface area contributed by atoms with E-state index in [-0.39, 0.29) is 0 Å². The van der Waals surface area contributed by atoms with E-state index in [0.717, 1.165) is 19.0 Å². The summed E-state index contributed by atoms with van der Waals surface area (Å²) in [5.41, 5.74) is 1.19. The molecular weight excluding hydrogens is 200 g/mol. The van der Waals surface area contributed by atoms with Crippen molar-refractivity contribution in [2.45, 2.75) is 27.2 Å². The summed E-state index contributed by atoms with van der Waals surface area (Å²) in [5, 5.41) is 0. The third-order valence-electron chi connectivity index (χ3n) is 2.65. The summed E-state index contributed by atoms with van der Waals surface area (Å²) in [7, 11) is 1.65. The molecule has 0 aliphatic heterocycles.